The number of benzene rings is 1. The van der Waals surface area contributed by atoms with Crippen LogP contribution in [0.3, 0.4) is 0 Å². The zero-order chi connectivity index (χ0) is 18.0. The molecule has 0 spiro atoms. The van der Waals surface area contributed by atoms with E-state index < -0.39 is 18.1 Å². The van der Waals surface area contributed by atoms with E-state index in [2.05, 4.69) is 16.0 Å². The maximum Gasteiger partial charge on any atom is 0.315 e. The summed E-state index contributed by atoms with van der Waals surface area (Å²) in [5.41, 5.74) is 0.652. The van der Waals surface area contributed by atoms with Crippen molar-refractivity contribution in [1.82, 2.24) is 20.9 Å². The lowest BCUT2D eigenvalue weighted by atomic mass is 10.1. The van der Waals surface area contributed by atoms with Crippen molar-refractivity contribution in [1.29, 1.82) is 0 Å². The second-order valence-electron chi connectivity index (χ2n) is 6.37. The lowest BCUT2D eigenvalue weighted by Crippen LogP contribution is -2.60. The molecule has 8 heteroatoms. The van der Waals surface area contributed by atoms with Gasteiger partial charge in [-0.1, -0.05) is 19.1 Å². The van der Waals surface area contributed by atoms with Gasteiger partial charge in [-0.2, -0.15) is 0 Å². The van der Waals surface area contributed by atoms with Crippen molar-refractivity contribution < 1.29 is 18.8 Å². The van der Waals surface area contributed by atoms with Gasteiger partial charge in [0.15, 0.2) is 0 Å². The summed E-state index contributed by atoms with van der Waals surface area (Å²) in [5.74, 6) is -0.630. The fraction of sp³-hybridized carbons (Fsp3) is 0.471. The Labute approximate surface area is 144 Å². The lowest BCUT2D eigenvalue weighted by Gasteiger charge is -2.33. The van der Waals surface area contributed by atoms with Gasteiger partial charge in [-0.3, -0.25) is 9.59 Å². The van der Waals surface area contributed by atoms with E-state index in [1.54, 1.807) is 17.0 Å². The first-order valence-electron chi connectivity index (χ1n) is 8.37. The zero-order valence-electron chi connectivity index (χ0n) is 13.9. The summed E-state index contributed by atoms with van der Waals surface area (Å²) in [7, 11) is 0. The van der Waals surface area contributed by atoms with Gasteiger partial charge in [-0.05, 0) is 30.5 Å². The Kier molecular flexibility index (Phi) is 4.87. The number of hydrogen-bond acceptors (Lipinski definition) is 3. The highest BCUT2D eigenvalue weighted by Crippen LogP contribution is 2.23. The van der Waals surface area contributed by atoms with Gasteiger partial charge in [-0.25, -0.2) is 9.18 Å². The molecule has 2 saturated heterocycles. The zero-order valence-corrected chi connectivity index (χ0v) is 13.9. The van der Waals surface area contributed by atoms with E-state index in [9.17, 15) is 18.8 Å². The largest absolute Gasteiger partial charge is 0.343 e. The van der Waals surface area contributed by atoms with Crippen LogP contribution in [0.4, 0.5) is 9.18 Å². The Balaban J connectivity index is 1.53. The number of carbonyl (C=O) groups excluding carboxylic acids is 3. The SMILES string of the molecule is CC[C@@H]1NC(=O)[C@@H]2C[C@H](NC(=O)NCc3cccc(F)c3)CN2C1=O. The number of halogens is 1. The third-order valence-corrected chi connectivity index (χ3v) is 4.59. The maximum atomic E-state index is 13.1. The average Bonchev–Trinajstić information content (AvgIpc) is 3.01. The Morgan fingerprint density at radius 2 is 2.20 bits per heavy atom. The van der Waals surface area contributed by atoms with Gasteiger partial charge in [0, 0.05) is 13.1 Å². The topological polar surface area (TPSA) is 90.5 Å². The monoisotopic (exact) mass is 348 g/mol. The van der Waals surface area contributed by atoms with Crippen LogP contribution in [0.1, 0.15) is 25.3 Å². The van der Waals surface area contributed by atoms with Crippen LogP contribution < -0.4 is 16.0 Å². The molecular weight excluding hydrogens is 327 g/mol. The van der Waals surface area contributed by atoms with E-state index in [1.807, 2.05) is 6.92 Å². The average molecular weight is 348 g/mol. The van der Waals surface area contributed by atoms with Crippen molar-refractivity contribution in [3.05, 3.63) is 35.6 Å². The van der Waals surface area contributed by atoms with Gasteiger partial charge in [0.05, 0.1) is 6.04 Å². The quantitative estimate of drug-likeness (QED) is 0.740. The molecule has 7 nitrogen and oxygen atoms in total. The van der Waals surface area contributed by atoms with Crippen LogP contribution in [-0.4, -0.2) is 47.4 Å². The van der Waals surface area contributed by atoms with Crippen molar-refractivity contribution in [2.45, 2.75) is 44.4 Å². The molecule has 1 aromatic carbocycles. The van der Waals surface area contributed by atoms with E-state index in [-0.39, 0.29) is 30.2 Å². The van der Waals surface area contributed by atoms with E-state index in [1.165, 1.54) is 12.1 Å². The van der Waals surface area contributed by atoms with Crippen LogP contribution in [0.2, 0.25) is 0 Å². The molecule has 2 aliphatic rings. The van der Waals surface area contributed by atoms with Crippen molar-refractivity contribution in [3.8, 4) is 0 Å². The summed E-state index contributed by atoms with van der Waals surface area (Å²) in [6.07, 6.45) is 0.932. The van der Waals surface area contributed by atoms with Gasteiger partial charge in [0.1, 0.15) is 17.9 Å². The molecule has 0 bridgehead atoms. The van der Waals surface area contributed by atoms with Crippen molar-refractivity contribution in [2.24, 2.45) is 0 Å². The van der Waals surface area contributed by atoms with Crippen molar-refractivity contribution in [2.75, 3.05) is 6.54 Å². The third kappa shape index (κ3) is 3.72. The predicted molar refractivity (Wildman–Crippen MR) is 87.9 cm³/mol. The number of amides is 4. The number of carbonyl (C=O) groups is 3. The maximum absolute atomic E-state index is 13.1. The molecule has 134 valence electrons. The Hall–Kier alpha value is -2.64. The first kappa shape index (κ1) is 17.2. The van der Waals surface area contributed by atoms with Crippen LogP contribution in [0.5, 0.6) is 0 Å². The molecule has 3 rings (SSSR count). The van der Waals surface area contributed by atoms with Crippen LogP contribution in [-0.2, 0) is 16.1 Å². The third-order valence-electron chi connectivity index (χ3n) is 4.59. The molecule has 1 aromatic rings. The Morgan fingerprint density at radius 1 is 1.40 bits per heavy atom. The van der Waals surface area contributed by atoms with Crippen LogP contribution in [0.15, 0.2) is 24.3 Å². The summed E-state index contributed by atoms with van der Waals surface area (Å²) in [4.78, 5) is 38.0. The summed E-state index contributed by atoms with van der Waals surface area (Å²) >= 11 is 0. The lowest BCUT2D eigenvalue weighted by molar-refractivity contribution is -0.147. The van der Waals surface area contributed by atoms with E-state index in [0.717, 1.165) is 0 Å². The predicted octanol–water partition coefficient (Wildman–Crippen LogP) is 0.503. The molecule has 2 heterocycles. The number of hydrogen-bond donors (Lipinski definition) is 3. The molecular formula is C17H21FN4O3. The molecule has 0 aromatic heterocycles. The molecule has 0 saturated carbocycles. The normalized spacial score (nSPS) is 25.4. The number of nitrogens with one attached hydrogen (secondary N) is 3. The van der Waals surface area contributed by atoms with Gasteiger partial charge < -0.3 is 20.9 Å². The number of urea groups is 1. The first-order chi connectivity index (χ1) is 12.0. The summed E-state index contributed by atoms with van der Waals surface area (Å²) in [6, 6.07) is 4.28. The first-order valence-corrected chi connectivity index (χ1v) is 8.37. The molecule has 25 heavy (non-hydrogen) atoms. The number of rotatable bonds is 4. The Morgan fingerprint density at radius 3 is 2.92 bits per heavy atom. The highest BCUT2D eigenvalue weighted by molar-refractivity contribution is 5.97. The standard InChI is InChI=1S/C17H21FN4O3/c1-2-13-16(24)22-9-12(7-14(22)15(23)21-13)20-17(25)19-8-10-4-3-5-11(18)6-10/h3-6,12-14H,2,7-9H2,1H3,(H,21,23)(H2,19,20,25)/t12-,13-,14-/m0/s1. The second kappa shape index (κ2) is 7.08. The fourth-order valence-corrected chi connectivity index (χ4v) is 3.30. The molecule has 2 fully saturated rings. The minimum Gasteiger partial charge on any atom is -0.343 e. The minimum atomic E-state index is -0.524. The van der Waals surface area contributed by atoms with Crippen LogP contribution >= 0.6 is 0 Å². The smallest absolute Gasteiger partial charge is 0.315 e. The number of piperazine rings is 1. The van der Waals surface area contributed by atoms with Gasteiger partial charge in [0.25, 0.3) is 0 Å². The number of fused-ring (bicyclic) bond motifs is 1. The molecule has 4 amide bonds. The number of nitrogens with zero attached hydrogens (tertiary/aromatic N) is 1. The highest BCUT2D eigenvalue weighted by Gasteiger charge is 2.46. The van der Waals surface area contributed by atoms with E-state index >= 15 is 0 Å². The van der Waals surface area contributed by atoms with E-state index in [0.29, 0.717) is 24.9 Å². The second-order valence-corrected chi connectivity index (χ2v) is 6.37. The molecule has 3 N–H and O–H groups in total. The summed E-state index contributed by atoms with van der Waals surface area (Å²) < 4.78 is 13.1. The molecule has 0 radical (unpaired) electrons. The van der Waals surface area contributed by atoms with E-state index in [4.69, 9.17) is 0 Å². The molecule has 2 aliphatic heterocycles. The molecule has 0 unspecified atom stereocenters. The van der Waals surface area contributed by atoms with Gasteiger partial charge in [0.2, 0.25) is 11.8 Å². The summed E-state index contributed by atoms with van der Waals surface area (Å²) in [5, 5.41) is 8.15. The van der Waals surface area contributed by atoms with Gasteiger partial charge in [-0.15, -0.1) is 0 Å². The highest BCUT2D eigenvalue weighted by atomic mass is 19.1. The molecule has 3 atom stereocenters. The molecule has 0 aliphatic carbocycles. The van der Waals surface area contributed by atoms with Crippen molar-refractivity contribution in [3.63, 3.8) is 0 Å². The Bertz CT molecular complexity index is 696. The fourth-order valence-electron chi connectivity index (χ4n) is 3.30. The summed E-state index contributed by atoms with van der Waals surface area (Å²) in [6.45, 7) is 2.36. The van der Waals surface area contributed by atoms with Crippen LogP contribution in [0.25, 0.3) is 0 Å². The van der Waals surface area contributed by atoms with Gasteiger partial charge >= 0.3 is 6.03 Å². The van der Waals surface area contributed by atoms with Crippen LogP contribution in [0, 0.1) is 5.82 Å². The van der Waals surface area contributed by atoms with Crippen molar-refractivity contribution >= 4 is 17.8 Å². The minimum absolute atomic E-state index is 0.100.